The fourth-order valence-electron chi connectivity index (χ4n) is 4.47. The minimum Gasteiger partial charge on any atom is -0.344 e. The molecule has 2 aromatic heterocycles. The highest BCUT2D eigenvalue weighted by Gasteiger charge is 2.41. The van der Waals surface area contributed by atoms with Crippen LogP contribution < -0.4 is 4.72 Å². The molecule has 2 saturated carbocycles. The average molecular weight is 517 g/mol. The molecule has 1 atom stereocenters. The minimum absolute atomic E-state index is 0.0272. The first kappa shape index (κ1) is 24.1. The van der Waals surface area contributed by atoms with Crippen molar-refractivity contribution >= 4 is 20.9 Å². The van der Waals surface area contributed by atoms with Crippen molar-refractivity contribution in [2.75, 3.05) is 0 Å². The number of sulfonamides is 1. The molecule has 12 heteroatoms. The zero-order valence-electron chi connectivity index (χ0n) is 18.2. The molecule has 2 fully saturated rings. The number of halogens is 6. The van der Waals surface area contributed by atoms with Crippen LogP contribution in [0.4, 0.5) is 26.3 Å². The summed E-state index contributed by atoms with van der Waals surface area (Å²) >= 11 is 0. The van der Waals surface area contributed by atoms with Crippen molar-refractivity contribution in [2.24, 2.45) is 0 Å². The summed E-state index contributed by atoms with van der Waals surface area (Å²) in [5, 5.41) is -0.710. The quantitative estimate of drug-likeness (QED) is 0.393. The maximum Gasteiger partial charge on any atom is 0.433 e. The fraction of sp³-hybridized carbons (Fsp3) is 0.435. The van der Waals surface area contributed by atoms with E-state index < -0.39 is 51.0 Å². The Labute approximate surface area is 197 Å². The van der Waals surface area contributed by atoms with Gasteiger partial charge in [0, 0.05) is 46.0 Å². The zero-order valence-corrected chi connectivity index (χ0v) is 19.0. The van der Waals surface area contributed by atoms with Crippen LogP contribution in [0, 0.1) is 5.82 Å². The van der Waals surface area contributed by atoms with Crippen LogP contribution in [0.25, 0.3) is 22.0 Å². The molecule has 0 aliphatic heterocycles. The summed E-state index contributed by atoms with van der Waals surface area (Å²) in [6.07, 6.45) is -2.58. The molecular formula is C23H21F6N3O2S. The monoisotopic (exact) mass is 517 g/mol. The highest BCUT2D eigenvalue weighted by Crippen LogP contribution is 2.43. The van der Waals surface area contributed by atoms with Crippen LogP contribution in [-0.4, -0.2) is 29.6 Å². The van der Waals surface area contributed by atoms with E-state index in [-0.39, 0.29) is 28.1 Å². The highest BCUT2D eigenvalue weighted by atomic mass is 32.2. The van der Waals surface area contributed by atoms with Crippen LogP contribution in [0.2, 0.25) is 0 Å². The van der Waals surface area contributed by atoms with E-state index in [0.717, 1.165) is 24.8 Å². The van der Waals surface area contributed by atoms with E-state index in [1.807, 2.05) is 0 Å². The molecule has 0 amide bonds. The molecule has 0 unspecified atom stereocenters. The third-order valence-corrected chi connectivity index (χ3v) is 8.56. The first-order valence-electron chi connectivity index (χ1n) is 11.1. The number of aromatic nitrogens is 2. The molecule has 2 aliphatic rings. The minimum atomic E-state index is -4.83. The number of benzene rings is 1. The summed E-state index contributed by atoms with van der Waals surface area (Å²) in [5.74, 6) is -1.05. The normalized spacial score (nSPS) is 18.3. The smallest absolute Gasteiger partial charge is 0.344 e. The Morgan fingerprint density at radius 1 is 1.09 bits per heavy atom. The van der Waals surface area contributed by atoms with Crippen LogP contribution in [0.1, 0.15) is 55.4 Å². The maximum atomic E-state index is 15.3. The molecule has 0 saturated heterocycles. The van der Waals surface area contributed by atoms with Crippen molar-refractivity contribution in [1.82, 2.24) is 14.3 Å². The Morgan fingerprint density at radius 3 is 2.37 bits per heavy atom. The van der Waals surface area contributed by atoms with Gasteiger partial charge in [0.05, 0.1) is 5.25 Å². The van der Waals surface area contributed by atoms with Crippen molar-refractivity contribution in [3.8, 4) is 11.1 Å². The Balaban J connectivity index is 1.69. The second kappa shape index (κ2) is 8.51. The molecule has 1 aromatic carbocycles. The lowest BCUT2D eigenvalue weighted by molar-refractivity contribution is -0.140. The molecule has 5 rings (SSSR count). The van der Waals surface area contributed by atoms with E-state index >= 15 is 4.39 Å². The number of fused-ring (bicyclic) bond motifs is 1. The highest BCUT2D eigenvalue weighted by molar-refractivity contribution is 7.90. The first-order valence-corrected chi connectivity index (χ1v) is 12.7. The number of pyridine rings is 1. The molecule has 0 bridgehead atoms. The van der Waals surface area contributed by atoms with Gasteiger partial charge in [0.15, 0.2) is 5.69 Å². The Hall–Kier alpha value is -2.60. The summed E-state index contributed by atoms with van der Waals surface area (Å²) in [7, 11) is -4.00. The van der Waals surface area contributed by atoms with Gasteiger partial charge >= 0.3 is 6.18 Å². The van der Waals surface area contributed by atoms with Gasteiger partial charge < -0.3 is 4.57 Å². The molecular weight excluding hydrogens is 496 g/mol. The van der Waals surface area contributed by atoms with Crippen molar-refractivity contribution in [3.05, 3.63) is 53.7 Å². The second-order valence-corrected chi connectivity index (χ2v) is 11.0. The van der Waals surface area contributed by atoms with Crippen LogP contribution in [0.3, 0.4) is 0 Å². The Morgan fingerprint density at radius 2 is 1.80 bits per heavy atom. The third-order valence-electron chi connectivity index (χ3n) is 6.63. The van der Waals surface area contributed by atoms with Crippen LogP contribution >= 0.6 is 0 Å². The molecule has 0 radical (unpaired) electrons. The van der Waals surface area contributed by atoms with E-state index in [1.54, 1.807) is 4.57 Å². The summed E-state index contributed by atoms with van der Waals surface area (Å²) in [4.78, 5) is 3.38. The van der Waals surface area contributed by atoms with Gasteiger partial charge in [0.25, 0.3) is 6.43 Å². The largest absolute Gasteiger partial charge is 0.433 e. The van der Waals surface area contributed by atoms with Gasteiger partial charge in [0.2, 0.25) is 10.0 Å². The summed E-state index contributed by atoms with van der Waals surface area (Å²) in [5.41, 5.74) is -1.95. The van der Waals surface area contributed by atoms with Gasteiger partial charge in [-0.1, -0.05) is 6.07 Å². The van der Waals surface area contributed by atoms with Gasteiger partial charge in [-0.25, -0.2) is 26.3 Å². The van der Waals surface area contributed by atoms with Crippen molar-refractivity contribution in [1.29, 1.82) is 0 Å². The number of nitrogens with zero attached hydrogens (tertiary/aromatic N) is 2. The van der Waals surface area contributed by atoms with Gasteiger partial charge in [0.1, 0.15) is 11.9 Å². The molecule has 3 aromatic rings. The van der Waals surface area contributed by atoms with Gasteiger partial charge in [-0.15, -0.1) is 0 Å². The van der Waals surface area contributed by atoms with Crippen molar-refractivity contribution in [3.63, 3.8) is 0 Å². The number of alkyl halides is 5. The number of hydrogen-bond acceptors (Lipinski definition) is 3. The van der Waals surface area contributed by atoms with Crippen LogP contribution in [0.15, 0.2) is 36.7 Å². The molecule has 0 spiro atoms. The third kappa shape index (κ3) is 4.42. The van der Waals surface area contributed by atoms with Crippen LogP contribution in [-0.2, 0) is 16.2 Å². The summed E-state index contributed by atoms with van der Waals surface area (Å²) < 4.78 is 113. The van der Waals surface area contributed by atoms with E-state index in [0.29, 0.717) is 25.7 Å². The lowest BCUT2D eigenvalue weighted by Crippen LogP contribution is -2.35. The van der Waals surface area contributed by atoms with Crippen LogP contribution in [0.5, 0.6) is 0 Å². The summed E-state index contributed by atoms with van der Waals surface area (Å²) in [6, 6.07) is 2.44. The zero-order chi connectivity index (χ0) is 25.1. The topological polar surface area (TPSA) is 64.0 Å². The van der Waals surface area contributed by atoms with Gasteiger partial charge in [-0.05, 0) is 50.3 Å². The molecule has 5 nitrogen and oxygen atoms in total. The van der Waals surface area contributed by atoms with E-state index in [1.165, 1.54) is 18.3 Å². The molecule has 35 heavy (non-hydrogen) atoms. The van der Waals surface area contributed by atoms with Gasteiger partial charge in [-0.2, -0.15) is 13.2 Å². The van der Waals surface area contributed by atoms with Crippen molar-refractivity contribution < 1.29 is 34.8 Å². The lowest BCUT2D eigenvalue weighted by atomic mass is 9.92. The number of hydrogen-bond donors (Lipinski definition) is 1. The maximum absolute atomic E-state index is 15.3. The fourth-order valence-corrected chi connectivity index (χ4v) is 6.00. The number of nitrogens with one attached hydrogen (secondary N) is 1. The van der Waals surface area contributed by atoms with E-state index in [9.17, 15) is 30.4 Å². The molecule has 188 valence electrons. The molecule has 1 N–H and O–H groups in total. The average Bonchev–Trinajstić information content (AvgIpc) is 3.55. The van der Waals surface area contributed by atoms with E-state index in [4.69, 9.17) is 0 Å². The SMILES string of the molecule is O=S(=O)(N[C@@H](c1cn(C2CCC2)c2cc(-c3cccnc3C(F)(F)F)c(F)cc12)C(F)F)C1CC1. The summed E-state index contributed by atoms with van der Waals surface area (Å²) in [6.45, 7) is 0. The number of rotatable bonds is 7. The standard InChI is InChI=1S/C23H21F6N3O2S/c24-18-9-16-17(20(22(25)26)31-35(33,34)13-6-7-13)11-32(12-3-1-4-12)19(16)10-15(18)14-5-2-8-30-21(14)23(27,28)29/h2,5,8-13,20,22,31H,1,3-4,6-7H2/t20-/m0/s1. The predicted molar refractivity (Wildman–Crippen MR) is 117 cm³/mol. The lowest BCUT2D eigenvalue weighted by Gasteiger charge is -2.28. The van der Waals surface area contributed by atoms with Crippen molar-refractivity contribution in [2.45, 2.75) is 62.0 Å². The first-order chi connectivity index (χ1) is 16.5. The Kier molecular flexibility index (Phi) is 5.86. The molecule has 2 aliphatic carbocycles. The van der Waals surface area contributed by atoms with E-state index in [2.05, 4.69) is 9.71 Å². The predicted octanol–water partition coefficient (Wildman–Crippen LogP) is 5.97. The second-order valence-electron chi connectivity index (χ2n) is 9.00. The molecule has 2 heterocycles. The van der Waals surface area contributed by atoms with Gasteiger partial charge in [-0.3, -0.25) is 4.98 Å². The Bertz CT molecular complexity index is 1380.